The van der Waals surface area contributed by atoms with Crippen LogP contribution < -0.4 is 14.8 Å². The molecule has 1 atom stereocenters. The maximum Gasteiger partial charge on any atom is 0.161 e. The number of aryl methyl sites for hydroxylation is 1. The zero-order valence-corrected chi connectivity index (χ0v) is 17.1. The molecule has 7 heteroatoms. The van der Waals surface area contributed by atoms with Gasteiger partial charge in [0.15, 0.2) is 11.5 Å². The van der Waals surface area contributed by atoms with Gasteiger partial charge in [0.25, 0.3) is 0 Å². The number of nitrogens with one attached hydrogen (secondary N) is 1. The number of ether oxygens (including phenoxy) is 3. The van der Waals surface area contributed by atoms with Gasteiger partial charge in [0.1, 0.15) is 0 Å². The highest BCUT2D eigenvalue weighted by atomic mass is 16.5. The lowest BCUT2D eigenvalue weighted by Gasteiger charge is -2.33. The van der Waals surface area contributed by atoms with Gasteiger partial charge < -0.3 is 19.5 Å². The third-order valence-corrected chi connectivity index (χ3v) is 5.85. The summed E-state index contributed by atoms with van der Waals surface area (Å²) >= 11 is 0. The average molecular weight is 399 g/mol. The molecule has 3 aliphatic rings. The van der Waals surface area contributed by atoms with E-state index in [4.69, 9.17) is 19.3 Å². The molecule has 1 saturated carbocycles. The molecule has 2 fully saturated rings. The van der Waals surface area contributed by atoms with E-state index in [2.05, 4.69) is 22.5 Å². The van der Waals surface area contributed by atoms with Crippen molar-refractivity contribution in [1.29, 1.82) is 0 Å². The fourth-order valence-electron chi connectivity index (χ4n) is 4.23. The SMILES string of the molecule is Cn1cc(CNCC2CN(C3CC3)CCO2)c(-c2ccc3c(c2)OCCCO3)n1. The van der Waals surface area contributed by atoms with Crippen molar-refractivity contribution in [2.75, 3.05) is 39.5 Å². The van der Waals surface area contributed by atoms with Crippen LogP contribution >= 0.6 is 0 Å². The first-order chi connectivity index (χ1) is 14.3. The molecular weight excluding hydrogens is 368 g/mol. The van der Waals surface area contributed by atoms with Crippen LogP contribution in [0.4, 0.5) is 0 Å². The largest absolute Gasteiger partial charge is 0.490 e. The van der Waals surface area contributed by atoms with Gasteiger partial charge in [-0.15, -0.1) is 0 Å². The number of hydrogen-bond acceptors (Lipinski definition) is 6. The Kier molecular flexibility index (Phi) is 5.44. The van der Waals surface area contributed by atoms with Gasteiger partial charge in [0, 0.05) is 63.0 Å². The van der Waals surface area contributed by atoms with Crippen molar-refractivity contribution in [3.05, 3.63) is 30.0 Å². The second kappa shape index (κ2) is 8.34. The maximum atomic E-state index is 5.96. The quantitative estimate of drug-likeness (QED) is 0.805. The van der Waals surface area contributed by atoms with Crippen LogP contribution in [0.15, 0.2) is 24.4 Å². The fourth-order valence-corrected chi connectivity index (χ4v) is 4.23. The smallest absolute Gasteiger partial charge is 0.161 e. The molecule has 0 bridgehead atoms. The zero-order chi connectivity index (χ0) is 19.6. The van der Waals surface area contributed by atoms with E-state index in [0.29, 0.717) is 13.2 Å². The zero-order valence-electron chi connectivity index (χ0n) is 17.1. The van der Waals surface area contributed by atoms with Crippen molar-refractivity contribution in [3.8, 4) is 22.8 Å². The first kappa shape index (κ1) is 18.9. The summed E-state index contributed by atoms with van der Waals surface area (Å²) in [6, 6.07) is 6.91. The first-order valence-electron chi connectivity index (χ1n) is 10.8. The van der Waals surface area contributed by atoms with Gasteiger partial charge in [-0.2, -0.15) is 5.10 Å². The molecular formula is C22H30N4O3. The summed E-state index contributed by atoms with van der Waals surface area (Å²) in [5, 5.41) is 8.29. The van der Waals surface area contributed by atoms with Crippen molar-refractivity contribution in [3.63, 3.8) is 0 Å². The highest BCUT2D eigenvalue weighted by Gasteiger charge is 2.32. The van der Waals surface area contributed by atoms with Gasteiger partial charge in [0.2, 0.25) is 0 Å². The molecule has 1 N–H and O–H groups in total. The Balaban J connectivity index is 1.24. The number of nitrogens with zero attached hydrogens (tertiary/aromatic N) is 3. The minimum absolute atomic E-state index is 0.266. The van der Waals surface area contributed by atoms with Crippen molar-refractivity contribution in [2.45, 2.75) is 38.0 Å². The summed E-state index contributed by atoms with van der Waals surface area (Å²) in [4.78, 5) is 2.59. The summed E-state index contributed by atoms with van der Waals surface area (Å²) in [6.07, 6.45) is 5.97. The molecule has 1 saturated heterocycles. The second-order valence-corrected chi connectivity index (χ2v) is 8.24. The summed E-state index contributed by atoms with van der Waals surface area (Å²) in [5.74, 6) is 1.62. The van der Waals surface area contributed by atoms with E-state index in [1.54, 1.807) is 0 Å². The second-order valence-electron chi connectivity index (χ2n) is 8.24. The Morgan fingerprint density at radius 2 is 2.00 bits per heavy atom. The standard InChI is InChI=1S/C22H30N4O3/c1-25-14-17(12-23-13-19-15-26(7-10-27-19)18-4-5-18)22(24-25)16-3-6-20-21(11-16)29-9-2-8-28-20/h3,6,11,14,18-19,23H,2,4-5,7-10,12-13,15H2,1H3. The van der Waals surface area contributed by atoms with Gasteiger partial charge >= 0.3 is 0 Å². The summed E-state index contributed by atoms with van der Waals surface area (Å²) in [6.45, 7) is 5.98. The van der Waals surface area contributed by atoms with Crippen molar-refractivity contribution >= 4 is 0 Å². The molecule has 29 heavy (non-hydrogen) atoms. The molecule has 5 rings (SSSR count). The van der Waals surface area contributed by atoms with E-state index in [9.17, 15) is 0 Å². The van der Waals surface area contributed by atoms with E-state index in [1.807, 2.05) is 23.9 Å². The van der Waals surface area contributed by atoms with Crippen LogP contribution in [-0.4, -0.2) is 66.3 Å². The van der Waals surface area contributed by atoms with Crippen LogP contribution in [0, 0.1) is 0 Å². The Labute approximate surface area is 171 Å². The summed E-state index contributed by atoms with van der Waals surface area (Å²) in [7, 11) is 1.97. The highest BCUT2D eigenvalue weighted by molar-refractivity contribution is 5.66. The number of aromatic nitrogens is 2. The van der Waals surface area contributed by atoms with Gasteiger partial charge in [-0.3, -0.25) is 9.58 Å². The van der Waals surface area contributed by atoms with Crippen molar-refractivity contribution in [2.24, 2.45) is 7.05 Å². The predicted molar refractivity (Wildman–Crippen MR) is 110 cm³/mol. The van der Waals surface area contributed by atoms with E-state index in [1.165, 1.54) is 18.4 Å². The van der Waals surface area contributed by atoms with Crippen LogP contribution in [0.1, 0.15) is 24.8 Å². The van der Waals surface area contributed by atoms with Crippen LogP contribution in [0.3, 0.4) is 0 Å². The summed E-state index contributed by atoms with van der Waals surface area (Å²) < 4.78 is 19.5. The first-order valence-corrected chi connectivity index (χ1v) is 10.8. The van der Waals surface area contributed by atoms with E-state index >= 15 is 0 Å². The molecule has 156 valence electrons. The molecule has 1 unspecified atom stereocenters. The monoisotopic (exact) mass is 398 g/mol. The molecule has 3 heterocycles. The molecule has 0 radical (unpaired) electrons. The topological polar surface area (TPSA) is 60.8 Å². The number of hydrogen-bond donors (Lipinski definition) is 1. The Morgan fingerprint density at radius 3 is 2.86 bits per heavy atom. The van der Waals surface area contributed by atoms with E-state index in [0.717, 1.165) is 68.0 Å². The molecule has 7 nitrogen and oxygen atoms in total. The van der Waals surface area contributed by atoms with Gasteiger partial charge in [0.05, 0.1) is 31.6 Å². The molecule has 2 aromatic rings. The molecule has 0 amide bonds. The summed E-state index contributed by atoms with van der Waals surface area (Å²) in [5.41, 5.74) is 3.22. The van der Waals surface area contributed by atoms with Gasteiger partial charge in [-0.1, -0.05) is 0 Å². The lowest BCUT2D eigenvalue weighted by Crippen LogP contribution is -2.47. The minimum atomic E-state index is 0.266. The lowest BCUT2D eigenvalue weighted by molar-refractivity contribution is -0.0301. The molecule has 1 aliphatic carbocycles. The lowest BCUT2D eigenvalue weighted by atomic mass is 10.1. The molecule has 1 aromatic carbocycles. The molecule has 0 spiro atoms. The third-order valence-electron chi connectivity index (χ3n) is 5.85. The number of rotatable bonds is 6. The number of morpholine rings is 1. The van der Waals surface area contributed by atoms with Crippen LogP contribution in [0.25, 0.3) is 11.3 Å². The fraction of sp³-hybridized carbons (Fsp3) is 0.591. The number of fused-ring (bicyclic) bond motifs is 1. The normalized spacial score (nSPS) is 22.4. The van der Waals surface area contributed by atoms with Crippen molar-refractivity contribution in [1.82, 2.24) is 20.0 Å². The Bertz CT molecular complexity index is 849. The van der Waals surface area contributed by atoms with Gasteiger partial charge in [-0.05, 0) is 31.0 Å². The van der Waals surface area contributed by atoms with E-state index in [-0.39, 0.29) is 6.10 Å². The predicted octanol–water partition coefficient (Wildman–Crippen LogP) is 2.20. The molecule has 2 aliphatic heterocycles. The van der Waals surface area contributed by atoms with Crippen LogP contribution in [0.2, 0.25) is 0 Å². The average Bonchev–Trinajstić information content (AvgIpc) is 3.54. The maximum absolute atomic E-state index is 5.96. The highest BCUT2D eigenvalue weighted by Crippen LogP contribution is 2.34. The van der Waals surface area contributed by atoms with Gasteiger partial charge in [-0.25, -0.2) is 0 Å². The Morgan fingerprint density at radius 1 is 1.14 bits per heavy atom. The Hall–Kier alpha value is -2.09. The number of benzene rings is 1. The van der Waals surface area contributed by atoms with Crippen LogP contribution in [0.5, 0.6) is 11.5 Å². The molecule has 1 aromatic heterocycles. The van der Waals surface area contributed by atoms with E-state index < -0.39 is 0 Å². The third kappa shape index (κ3) is 4.42. The minimum Gasteiger partial charge on any atom is -0.490 e. The van der Waals surface area contributed by atoms with Crippen molar-refractivity contribution < 1.29 is 14.2 Å². The van der Waals surface area contributed by atoms with Crippen LogP contribution in [-0.2, 0) is 18.3 Å².